The van der Waals surface area contributed by atoms with Gasteiger partial charge >= 0.3 is 6.18 Å². The highest BCUT2D eigenvalue weighted by molar-refractivity contribution is 5.87. The van der Waals surface area contributed by atoms with Crippen LogP contribution in [0, 0.1) is 11.2 Å². The summed E-state index contributed by atoms with van der Waals surface area (Å²) in [6, 6.07) is 10.9. The molecule has 1 saturated heterocycles. The third kappa shape index (κ3) is 6.48. The van der Waals surface area contributed by atoms with Crippen molar-refractivity contribution in [2.45, 2.75) is 51.2 Å². The Kier molecular flexibility index (Phi) is 8.15. The maximum absolute atomic E-state index is 13.5. The highest BCUT2D eigenvalue weighted by Crippen LogP contribution is 2.42. The number of carbonyl (C=O) groups excluding carboxylic acids is 2. The van der Waals surface area contributed by atoms with Gasteiger partial charge in [0.05, 0.1) is 11.0 Å². The van der Waals surface area contributed by atoms with Crippen LogP contribution in [0.4, 0.5) is 17.6 Å². The van der Waals surface area contributed by atoms with Gasteiger partial charge in [-0.2, -0.15) is 13.2 Å². The van der Waals surface area contributed by atoms with Gasteiger partial charge in [0.15, 0.2) is 0 Å². The highest BCUT2D eigenvalue weighted by atomic mass is 19.4. The number of halogens is 4. The quantitative estimate of drug-likeness (QED) is 0.463. The molecule has 0 spiro atoms. The summed E-state index contributed by atoms with van der Waals surface area (Å²) in [5.74, 6) is -0.492. The lowest BCUT2D eigenvalue weighted by Crippen LogP contribution is -2.51. The van der Waals surface area contributed by atoms with Crippen LogP contribution < -0.4 is 5.32 Å². The van der Waals surface area contributed by atoms with Gasteiger partial charge in [0.25, 0.3) is 0 Å². The number of nitrogens with one attached hydrogen (secondary N) is 1. The van der Waals surface area contributed by atoms with Crippen LogP contribution in [0.15, 0.2) is 72.3 Å². The van der Waals surface area contributed by atoms with E-state index in [0.717, 1.165) is 36.1 Å². The van der Waals surface area contributed by atoms with Gasteiger partial charge in [-0.3, -0.25) is 9.59 Å². The Bertz CT molecular complexity index is 1160. The Morgan fingerprint density at radius 3 is 2.19 bits per heavy atom. The first-order valence-electron chi connectivity index (χ1n) is 12.5. The standard InChI is InChI=1S/C29H30F4N2O2/c30-25-13-8-22(9-14-25)20-34-27(37)28(23-4-2-1-3-5-23)16-18-35(19-17-28)26(36)15-10-21-6-11-24(12-7-21)29(31,32)33/h1-2,4,6-9,11-14H,3,5,10,15-20H2,(H,34,37). The number of likely N-dealkylation sites (tertiary alicyclic amines) is 1. The Balaban J connectivity index is 1.37. The van der Waals surface area contributed by atoms with Crippen molar-refractivity contribution in [2.24, 2.45) is 5.41 Å². The van der Waals surface area contributed by atoms with Gasteiger partial charge in [-0.05, 0) is 67.5 Å². The zero-order valence-electron chi connectivity index (χ0n) is 20.5. The minimum absolute atomic E-state index is 0.0715. The third-order valence-electron chi connectivity index (χ3n) is 7.31. The van der Waals surface area contributed by atoms with Gasteiger partial charge in [-0.15, -0.1) is 0 Å². The Morgan fingerprint density at radius 2 is 1.59 bits per heavy atom. The molecule has 2 amide bonds. The maximum Gasteiger partial charge on any atom is 0.416 e. The van der Waals surface area contributed by atoms with E-state index in [1.807, 2.05) is 12.2 Å². The van der Waals surface area contributed by atoms with Crippen molar-refractivity contribution in [3.63, 3.8) is 0 Å². The molecule has 0 unspecified atom stereocenters. The van der Waals surface area contributed by atoms with Crippen molar-refractivity contribution in [1.29, 1.82) is 0 Å². The summed E-state index contributed by atoms with van der Waals surface area (Å²) >= 11 is 0. The van der Waals surface area contributed by atoms with Crippen molar-refractivity contribution in [2.75, 3.05) is 13.1 Å². The molecule has 4 nitrogen and oxygen atoms in total. The summed E-state index contributed by atoms with van der Waals surface area (Å²) < 4.78 is 51.5. The average molecular weight is 515 g/mol. The lowest BCUT2D eigenvalue weighted by atomic mass is 9.69. The van der Waals surface area contributed by atoms with Crippen LogP contribution in [0.2, 0.25) is 0 Å². The molecule has 2 aromatic rings. The number of hydrogen-bond donors (Lipinski definition) is 1. The predicted molar refractivity (Wildman–Crippen MR) is 133 cm³/mol. The van der Waals surface area contributed by atoms with E-state index in [1.54, 1.807) is 17.0 Å². The molecule has 1 N–H and O–H groups in total. The van der Waals surface area contributed by atoms with Crippen LogP contribution in [-0.2, 0) is 28.7 Å². The number of piperidine rings is 1. The minimum Gasteiger partial charge on any atom is -0.351 e. The molecule has 0 saturated carbocycles. The Morgan fingerprint density at radius 1 is 0.946 bits per heavy atom. The molecule has 0 radical (unpaired) electrons. The second-order valence-electron chi connectivity index (χ2n) is 9.63. The van der Waals surface area contributed by atoms with Crippen LogP contribution >= 0.6 is 0 Å². The minimum atomic E-state index is -4.39. The molecule has 0 atom stereocenters. The summed E-state index contributed by atoms with van der Waals surface area (Å²) in [6.07, 6.45) is 4.82. The van der Waals surface area contributed by atoms with Crippen molar-refractivity contribution in [3.05, 3.63) is 94.8 Å². The zero-order chi connectivity index (χ0) is 26.5. The number of nitrogens with zero attached hydrogens (tertiary/aromatic N) is 1. The molecule has 1 aliphatic heterocycles. The molecule has 2 aliphatic rings. The monoisotopic (exact) mass is 514 g/mol. The van der Waals surface area contributed by atoms with E-state index in [-0.39, 0.29) is 24.1 Å². The van der Waals surface area contributed by atoms with E-state index in [9.17, 15) is 27.2 Å². The topological polar surface area (TPSA) is 49.4 Å². The summed E-state index contributed by atoms with van der Waals surface area (Å²) in [7, 11) is 0. The van der Waals surface area contributed by atoms with Crippen LogP contribution in [0.25, 0.3) is 0 Å². The molecule has 2 aromatic carbocycles. The van der Waals surface area contributed by atoms with Gasteiger partial charge in [0.1, 0.15) is 5.82 Å². The number of hydrogen-bond acceptors (Lipinski definition) is 2. The number of benzene rings is 2. The van der Waals surface area contributed by atoms with E-state index < -0.39 is 17.2 Å². The second-order valence-corrected chi connectivity index (χ2v) is 9.63. The first-order valence-corrected chi connectivity index (χ1v) is 12.5. The average Bonchev–Trinajstić information content (AvgIpc) is 2.91. The molecule has 1 fully saturated rings. The SMILES string of the molecule is O=C(CCc1ccc(C(F)(F)F)cc1)N1CCC(C(=O)NCc2ccc(F)cc2)(C2=CC=CCC2)CC1. The van der Waals surface area contributed by atoms with Crippen molar-refractivity contribution in [1.82, 2.24) is 10.2 Å². The van der Waals surface area contributed by atoms with E-state index in [4.69, 9.17) is 0 Å². The summed E-state index contributed by atoms with van der Waals surface area (Å²) in [4.78, 5) is 28.1. The summed E-state index contributed by atoms with van der Waals surface area (Å²) in [5, 5.41) is 3.02. The largest absolute Gasteiger partial charge is 0.416 e. The van der Waals surface area contributed by atoms with Gasteiger partial charge in [0.2, 0.25) is 11.8 Å². The Hall–Kier alpha value is -3.42. The van der Waals surface area contributed by atoms with E-state index in [2.05, 4.69) is 11.4 Å². The fraction of sp³-hybridized carbons (Fsp3) is 0.379. The number of carbonyl (C=O) groups is 2. The predicted octanol–water partition coefficient (Wildman–Crippen LogP) is 5.98. The second kappa shape index (κ2) is 11.3. The third-order valence-corrected chi connectivity index (χ3v) is 7.31. The van der Waals surface area contributed by atoms with Gasteiger partial charge in [0, 0.05) is 26.1 Å². The van der Waals surface area contributed by atoms with Crippen molar-refractivity contribution in [3.8, 4) is 0 Å². The lowest BCUT2D eigenvalue weighted by molar-refractivity contribution is -0.139. The molecule has 4 rings (SSSR count). The number of allylic oxidation sites excluding steroid dienone is 3. The van der Waals surface area contributed by atoms with Gasteiger partial charge in [-0.25, -0.2) is 4.39 Å². The molecule has 8 heteroatoms. The van der Waals surface area contributed by atoms with Crippen molar-refractivity contribution >= 4 is 11.8 Å². The van der Waals surface area contributed by atoms with Crippen LogP contribution in [0.1, 0.15) is 48.8 Å². The number of amides is 2. The molecule has 1 heterocycles. The summed E-state index contributed by atoms with van der Waals surface area (Å²) in [5.41, 5.74) is 1.11. The fourth-order valence-corrected chi connectivity index (χ4v) is 5.06. The first kappa shape index (κ1) is 26.6. The number of rotatable bonds is 7. The fourth-order valence-electron chi connectivity index (χ4n) is 5.06. The van der Waals surface area contributed by atoms with Crippen LogP contribution in [0.5, 0.6) is 0 Å². The normalized spacial score (nSPS) is 17.3. The Labute approximate surface area is 214 Å². The van der Waals surface area contributed by atoms with Gasteiger partial charge in [-0.1, -0.05) is 48.1 Å². The first-order chi connectivity index (χ1) is 17.7. The maximum atomic E-state index is 13.5. The van der Waals surface area contributed by atoms with Crippen LogP contribution in [-0.4, -0.2) is 29.8 Å². The molecule has 0 bridgehead atoms. The van der Waals surface area contributed by atoms with E-state index in [0.29, 0.717) is 44.5 Å². The molecule has 0 aromatic heterocycles. The molecule has 37 heavy (non-hydrogen) atoms. The van der Waals surface area contributed by atoms with E-state index >= 15 is 0 Å². The molecule has 196 valence electrons. The molecule has 1 aliphatic carbocycles. The van der Waals surface area contributed by atoms with Crippen molar-refractivity contribution < 1.29 is 27.2 Å². The van der Waals surface area contributed by atoms with Crippen LogP contribution in [0.3, 0.4) is 0 Å². The smallest absolute Gasteiger partial charge is 0.351 e. The zero-order valence-corrected chi connectivity index (χ0v) is 20.5. The lowest BCUT2D eigenvalue weighted by Gasteiger charge is -2.43. The summed E-state index contributed by atoms with van der Waals surface area (Å²) in [6.45, 7) is 1.15. The molecular weight excluding hydrogens is 484 g/mol. The number of aryl methyl sites for hydroxylation is 1. The van der Waals surface area contributed by atoms with E-state index in [1.165, 1.54) is 24.3 Å². The highest BCUT2D eigenvalue weighted by Gasteiger charge is 2.44. The molecular formula is C29H30F4N2O2. The number of alkyl halides is 3. The van der Waals surface area contributed by atoms with Gasteiger partial charge < -0.3 is 10.2 Å².